The average Bonchev–Trinajstić information content (AvgIpc) is 3.21. The SMILES string of the molecule is C[C@@H](O)[C@H]1C(=O)N2C(C(=O)O)=C(S[C@@H]3CN[C@H](C(=O)NCCNC=N)C3)[C@H](C)[C@H]12. The van der Waals surface area contributed by atoms with Crippen LogP contribution in [0.3, 0.4) is 0 Å². The van der Waals surface area contributed by atoms with E-state index in [4.69, 9.17) is 5.41 Å². The van der Waals surface area contributed by atoms with Crippen molar-refractivity contribution in [3.63, 3.8) is 0 Å². The number of hydrogen-bond acceptors (Lipinski definition) is 7. The maximum absolute atomic E-state index is 12.4. The molecule has 10 nitrogen and oxygen atoms in total. The number of rotatable bonds is 9. The number of fused-ring (bicyclic) bond motifs is 1. The highest BCUT2D eigenvalue weighted by molar-refractivity contribution is 8.03. The van der Waals surface area contributed by atoms with E-state index in [1.165, 1.54) is 16.7 Å². The first-order valence-electron chi connectivity index (χ1n) is 9.66. The maximum Gasteiger partial charge on any atom is 0.353 e. The van der Waals surface area contributed by atoms with Crippen molar-refractivity contribution in [3.05, 3.63) is 10.6 Å². The number of aliphatic hydroxyl groups excluding tert-OH is 1. The Morgan fingerprint density at radius 2 is 2.17 bits per heavy atom. The van der Waals surface area contributed by atoms with E-state index in [0.29, 0.717) is 31.0 Å². The first-order chi connectivity index (χ1) is 13.8. The molecule has 2 amide bonds. The summed E-state index contributed by atoms with van der Waals surface area (Å²) in [6.07, 6.45) is 0.795. The second-order valence-corrected chi connectivity index (χ2v) is 8.94. The molecule has 0 spiro atoms. The largest absolute Gasteiger partial charge is 0.477 e. The van der Waals surface area contributed by atoms with Crippen molar-refractivity contribution in [2.45, 2.75) is 43.7 Å². The number of aliphatic carboxylic acids is 1. The third-order valence-electron chi connectivity index (χ3n) is 5.68. The smallest absolute Gasteiger partial charge is 0.353 e. The van der Waals surface area contributed by atoms with Gasteiger partial charge in [-0.2, -0.15) is 0 Å². The summed E-state index contributed by atoms with van der Waals surface area (Å²) in [5.41, 5.74) is 0.0139. The lowest BCUT2D eigenvalue weighted by Gasteiger charge is -2.46. The number of carbonyl (C=O) groups is 3. The van der Waals surface area contributed by atoms with Crippen molar-refractivity contribution in [2.24, 2.45) is 11.8 Å². The molecule has 11 heteroatoms. The number of carboxylic acids is 1. The molecular weight excluding hydrogens is 398 g/mol. The van der Waals surface area contributed by atoms with Gasteiger partial charge in [0.25, 0.3) is 0 Å². The van der Waals surface area contributed by atoms with Crippen LogP contribution in [-0.2, 0) is 14.4 Å². The van der Waals surface area contributed by atoms with Gasteiger partial charge in [0.15, 0.2) is 0 Å². The number of amides is 2. The van der Waals surface area contributed by atoms with Gasteiger partial charge in [0, 0.05) is 35.7 Å². The third kappa shape index (κ3) is 3.99. The summed E-state index contributed by atoms with van der Waals surface area (Å²) in [6.45, 7) is 4.89. The van der Waals surface area contributed by atoms with Crippen LogP contribution >= 0.6 is 11.8 Å². The Balaban J connectivity index is 1.64. The van der Waals surface area contributed by atoms with Gasteiger partial charge in [-0.05, 0) is 13.3 Å². The van der Waals surface area contributed by atoms with Crippen molar-refractivity contribution < 1.29 is 24.6 Å². The molecule has 160 valence electrons. The second kappa shape index (κ2) is 8.72. The average molecular weight is 426 g/mol. The Hall–Kier alpha value is -2.11. The molecule has 3 aliphatic rings. The number of aliphatic hydroxyl groups is 1. The molecule has 0 unspecified atom stereocenters. The predicted molar refractivity (Wildman–Crippen MR) is 107 cm³/mol. The molecule has 2 fully saturated rings. The summed E-state index contributed by atoms with van der Waals surface area (Å²) in [4.78, 5) is 38.5. The van der Waals surface area contributed by atoms with E-state index in [1.54, 1.807) is 6.92 Å². The minimum Gasteiger partial charge on any atom is -0.477 e. The number of nitrogens with one attached hydrogen (secondary N) is 4. The molecule has 2 saturated heterocycles. The van der Waals surface area contributed by atoms with Crippen LogP contribution in [-0.4, -0.2) is 82.3 Å². The first-order valence-corrected chi connectivity index (χ1v) is 10.5. The number of nitrogens with zero attached hydrogens (tertiary/aromatic N) is 1. The molecule has 0 aromatic heterocycles. The minimum absolute atomic E-state index is 0.0102. The number of carboxylic acid groups (broad SMARTS) is 1. The van der Waals surface area contributed by atoms with Crippen LogP contribution in [0.5, 0.6) is 0 Å². The molecule has 6 N–H and O–H groups in total. The quantitative estimate of drug-likeness (QED) is 0.118. The fraction of sp³-hybridized carbons (Fsp3) is 0.667. The van der Waals surface area contributed by atoms with Crippen LogP contribution < -0.4 is 16.0 Å². The highest BCUT2D eigenvalue weighted by atomic mass is 32.2. The monoisotopic (exact) mass is 425 g/mol. The fourth-order valence-electron chi connectivity index (χ4n) is 4.30. The Labute approximate surface area is 173 Å². The lowest BCUT2D eigenvalue weighted by Crippen LogP contribution is -2.63. The van der Waals surface area contributed by atoms with E-state index >= 15 is 0 Å². The predicted octanol–water partition coefficient (Wildman–Crippen LogP) is -1.08. The van der Waals surface area contributed by atoms with Gasteiger partial charge in [0.2, 0.25) is 11.8 Å². The van der Waals surface area contributed by atoms with Crippen LogP contribution in [0.2, 0.25) is 0 Å². The van der Waals surface area contributed by atoms with Gasteiger partial charge in [-0.3, -0.25) is 15.0 Å². The number of carbonyl (C=O) groups excluding carboxylic acids is 2. The Morgan fingerprint density at radius 1 is 1.45 bits per heavy atom. The van der Waals surface area contributed by atoms with E-state index < -0.39 is 18.0 Å². The zero-order valence-corrected chi connectivity index (χ0v) is 17.2. The minimum atomic E-state index is -1.14. The van der Waals surface area contributed by atoms with E-state index in [-0.39, 0.29) is 40.8 Å². The number of thioether (sulfide) groups is 1. The number of hydrogen-bond donors (Lipinski definition) is 6. The second-order valence-electron chi connectivity index (χ2n) is 7.60. The summed E-state index contributed by atoms with van der Waals surface area (Å²) >= 11 is 1.41. The van der Waals surface area contributed by atoms with Crippen molar-refractivity contribution in [1.82, 2.24) is 20.9 Å². The van der Waals surface area contributed by atoms with Gasteiger partial charge in [-0.1, -0.05) is 6.92 Å². The Bertz CT molecular complexity index is 742. The third-order valence-corrected chi connectivity index (χ3v) is 7.19. The molecule has 3 rings (SSSR count). The standard InChI is InChI=1S/C18H27N5O5S/c1-8-13-12(9(2)24)17(26)23(13)14(18(27)28)15(8)29-10-5-11(22-6-10)16(25)21-4-3-20-7-19/h7-13,22,24H,3-6H2,1-2H3,(H2,19,20)(H,21,25)(H,27,28)/t8-,9-,10+,11+,12-,13-/m1/s1. The van der Waals surface area contributed by atoms with Crippen molar-refractivity contribution in [3.8, 4) is 0 Å². The lowest BCUT2D eigenvalue weighted by molar-refractivity contribution is -0.163. The van der Waals surface area contributed by atoms with E-state index in [0.717, 1.165) is 6.34 Å². The van der Waals surface area contributed by atoms with E-state index in [1.807, 2.05) is 6.92 Å². The Morgan fingerprint density at radius 3 is 2.79 bits per heavy atom. The molecule has 3 heterocycles. The van der Waals surface area contributed by atoms with Gasteiger partial charge in [-0.25, -0.2) is 4.79 Å². The summed E-state index contributed by atoms with van der Waals surface area (Å²) in [6, 6.07) is -0.687. The summed E-state index contributed by atoms with van der Waals surface area (Å²) in [7, 11) is 0. The van der Waals surface area contributed by atoms with Crippen molar-refractivity contribution in [1.29, 1.82) is 5.41 Å². The zero-order valence-electron chi connectivity index (χ0n) is 16.3. The molecule has 3 aliphatic heterocycles. The van der Waals surface area contributed by atoms with Crippen LogP contribution in [0.25, 0.3) is 0 Å². The fourth-order valence-corrected chi connectivity index (χ4v) is 5.78. The molecule has 6 atom stereocenters. The molecule has 0 aliphatic carbocycles. The van der Waals surface area contributed by atoms with E-state index in [2.05, 4.69) is 16.0 Å². The van der Waals surface area contributed by atoms with Gasteiger partial charge in [-0.15, -0.1) is 11.8 Å². The molecule has 0 bridgehead atoms. The molecule has 29 heavy (non-hydrogen) atoms. The molecule has 0 aromatic rings. The summed E-state index contributed by atoms with van der Waals surface area (Å²) < 4.78 is 0. The van der Waals surface area contributed by atoms with Gasteiger partial charge < -0.3 is 31.1 Å². The Kier molecular flexibility index (Phi) is 6.49. The molecule has 0 saturated carbocycles. The summed E-state index contributed by atoms with van der Waals surface area (Å²) in [5.74, 6) is -2.36. The molecular formula is C18H27N5O5S. The number of β-lactam (4-membered cyclic amide) rings is 1. The van der Waals surface area contributed by atoms with Crippen molar-refractivity contribution >= 4 is 35.9 Å². The summed E-state index contributed by atoms with van der Waals surface area (Å²) in [5, 5.41) is 35.1. The topological polar surface area (TPSA) is 155 Å². The maximum atomic E-state index is 12.4. The highest BCUT2D eigenvalue weighted by Crippen LogP contribution is 2.51. The van der Waals surface area contributed by atoms with Crippen LogP contribution in [0.15, 0.2) is 10.6 Å². The van der Waals surface area contributed by atoms with Crippen LogP contribution in [0.4, 0.5) is 0 Å². The first kappa shape index (κ1) is 21.6. The lowest BCUT2D eigenvalue weighted by atomic mass is 9.79. The zero-order chi connectivity index (χ0) is 21.3. The molecule has 0 aromatic carbocycles. The van der Waals surface area contributed by atoms with Crippen molar-refractivity contribution in [2.75, 3.05) is 19.6 Å². The van der Waals surface area contributed by atoms with Gasteiger partial charge in [0.1, 0.15) is 5.70 Å². The molecule has 0 radical (unpaired) electrons. The van der Waals surface area contributed by atoms with E-state index in [9.17, 15) is 24.6 Å². The van der Waals surface area contributed by atoms with Gasteiger partial charge >= 0.3 is 5.97 Å². The highest BCUT2D eigenvalue weighted by Gasteiger charge is 2.60. The van der Waals surface area contributed by atoms with Gasteiger partial charge in [0.05, 0.1) is 30.4 Å². The van der Waals surface area contributed by atoms with Crippen LogP contribution in [0.1, 0.15) is 20.3 Å². The van der Waals surface area contributed by atoms with Crippen LogP contribution in [0, 0.1) is 17.2 Å². The normalized spacial score (nSPS) is 31.9.